The average molecular weight is 360 g/mol. The Kier molecular flexibility index (Phi) is 5.76. The number of benzene rings is 1. The average Bonchev–Trinajstić information content (AvgIpc) is 2.67. The van der Waals surface area contributed by atoms with Gasteiger partial charge in [-0.3, -0.25) is 14.9 Å². The number of hydrogen-bond donors (Lipinski definition) is 1. The molecule has 2 saturated heterocycles. The Morgan fingerprint density at radius 3 is 2.69 bits per heavy atom. The summed E-state index contributed by atoms with van der Waals surface area (Å²) in [6.45, 7) is 5.17. The minimum atomic E-state index is -0.363. The molecule has 7 nitrogen and oxygen atoms in total. The number of piperidine rings is 2. The van der Waals surface area contributed by atoms with Gasteiger partial charge >= 0.3 is 0 Å². The van der Waals surface area contributed by atoms with Crippen LogP contribution in [0.15, 0.2) is 18.2 Å². The zero-order chi connectivity index (χ0) is 18.7. The Labute approximate surface area is 154 Å². The highest BCUT2D eigenvalue weighted by Crippen LogP contribution is 2.33. The van der Waals surface area contributed by atoms with Crippen molar-refractivity contribution in [2.24, 2.45) is 5.92 Å². The van der Waals surface area contributed by atoms with Crippen LogP contribution in [-0.2, 0) is 0 Å². The van der Waals surface area contributed by atoms with E-state index >= 15 is 0 Å². The van der Waals surface area contributed by atoms with Gasteiger partial charge in [0.2, 0.25) is 0 Å². The number of carbonyl (C=O) groups is 1. The molecule has 3 rings (SSSR count). The molecule has 2 aliphatic heterocycles. The van der Waals surface area contributed by atoms with Gasteiger partial charge in [0.05, 0.1) is 4.92 Å². The van der Waals surface area contributed by atoms with Crippen molar-refractivity contribution in [2.75, 3.05) is 38.1 Å². The highest BCUT2D eigenvalue weighted by atomic mass is 16.6. The molecular formula is C19H28N4O3. The van der Waals surface area contributed by atoms with Gasteiger partial charge in [0.1, 0.15) is 5.69 Å². The molecule has 0 radical (unpaired) electrons. The number of amides is 1. The first-order valence-electron chi connectivity index (χ1n) is 9.49. The summed E-state index contributed by atoms with van der Waals surface area (Å²) in [6.07, 6.45) is 4.19. The molecule has 1 aromatic carbocycles. The fourth-order valence-corrected chi connectivity index (χ4v) is 4.06. The summed E-state index contributed by atoms with van der Waals surface area (Å²) >= 11 is 0. The number of nitro groups is 1. The zero-order valence-electron chi connectivity index (χ0n) is 15.6. The first-order valence-corrected chi connectivity index (χ1v) is 9.49. The lowest BCUT2D eigenvalue weighted by atomic mass is 9.99. The lowest BCUT2D eigenvalue weighted by molar-refractivity contribution is -0.384. The van der Waals surface area contributed by atoms with E-state index in [1.165, 1.54) is 6.07 Å². The fraction of sp³-hybridized carbons (Fsp3) is 0.632. The van der Waals surface area contributed by atoms with E-state index in [1.54, 1.807) is 17.0 Å². The third kappa shape index (κ3) is 3.98. The molecule has 0 aliphatic carbocycles. The molecule has 1 aromatic rings. The third-order valence-electron chi connectivity index (χ3n) is 5.53. The van der Waals surface area contributed by atoms with Crippen LogP contribution in [-0.4, -0.2) is 55.0 Å². The summed E-state index contributed by atoms with van der Waals surface area (Å²) in [5.41, 5.74) is 1.07. The van der Waals surface area contributed by atoms with Gasteiger partial charge in [0, 0.05) is 43.9 Å². The van der Waals surface area contributed by atoms with Crippen molar-refractivity contribution < 1.29 is 9.72 Å². The summed E-state index contributed by atoms with van der Waals surface area (Å²) < 4.78 is 0. The van der Waals surface area contributed by atoms with Crippen molar-refractivity contribution in [1.82, 2.24) is 10.2 Å². The number of anilines is 1. The molecule has 26 heavy (non-hydrogen) atoms. The smallest absolute Gasteiger partial charge is 0.293 e. The van der Waals surface area contributed by atoms with Crippen LogP contribution in [0.2, 0.25) is 0 Å². The Morgan fingerprint density at radius 1 is 1.23 bits per heavy atom. The molecule has 2 heterocycles. The van der Waals surface area contributed by atoms with Crippen LogP contribution < -0.4 is 10.2 Å². The van der Waals surface area contributed by atoms with Crippen LogP contribution >= 0.6 is 0 Å². The lowest BCUT2D eigenvalue weighted by Crippen LogP contribution is -2.47. The summed E-state index contributed by atoms with van der Waals surface area (Å²) in [6, 6.07) is 5.24. The van der Waals surface area contributed by atoms with Crippen LogP contribution in [0.4, 0.5) is 11.4 Å². The van der Waals surface area contributed by atoms with Crippen LogP contribution in [0.1, 0.15) is 43.0 Å². The highest BCUT2D eigenvalue weighted by molar-refractivity contribution is 5.96. The monoisotopic (exact) mass is 360 g/mol. The number of likely N-dealkylation sites (tertiary alicyclic amines) is 1. The zero-order valence-corrected chi connectivity index (χ0v) is 15.6. The molecule has 142 valence electrons. The first kappa shape index (κ1) is 18.6. The van der Waals surface area contributed by atoms with Crippen molar-refractivity contribution in [1.29, 1.82) is 0 Å². The second kappa shape index (κ2) is 8.03. The Morgan fingerprint density at radius 2 is 2.00 bits per heavy atom. The molecule has 2 aliphatic rings. The molecule has 2 atom stereocenters. The maximum Gasteiger partial charge on any atom is 0.293 e. The molecule has 0 saturated carbocycles. The summed E-state index contributed by atoms with van der Waals surface area (Å²) in [7, 11) is 1.90. The van der Waals surface area contributed by atoms with E-state index in [0.29, 0.717) is 30.3 Å². The van der Waals surface area contributed by atoms with E-state index < -0.39 is 0 Å². The Bertz CT molecular complexity index is 679. The second-order valence-corrected chi connectivity index (χ2v) is 7.53. The highest BCUT2D eigenvalue weighted by Gasteiger charge is 2.28. The van der Waals surface area contributed by atoms with E-state index in [-0.39, 0.29) is 22.6 Å². The van der Waals surface area contributed by atoms with Gasteiger partial charge in [-0.15, -0.1) is 0 Å². The number of nitrogens with zero attached hydrogens (tertiary/aromatic N) is 3. The van der Waals surface area contributed by atoms with Crippen LogP contribution in [0.25, 0.3) is 0 Å². The van der Waals surface area contributed by atoms with E-state index in [9.17, 15) is 14.9 Å². The maximum absolute atomic E-state index is 12.8. The molecule has 0 spiro atoms. The lowest BCUT2D eigenvalue weighted by Gasteiger charge is -2.33. The minimum absolute atomic E-state index is 0.0344. The Balaban J connectivity index is 1.84. The molecular weight excluding hydrogens is 332 g/mol. The molecule has 2 fully saturated rings. The van der Waals surface area contributed by atoms with Gasteiger partial charge in [-0.2, -0.15) is 0 Å². The number of rotatable bonds is 4. The van der Waals surface area contributed by atoms with E-state index in [4.69, 9.17) is 0 Å². The number of hydrogen-bond acceptors (Lipinski definition) is 5. The van der Waals surface area contributed by atoms with Crippen LogP contribution in [0, 0.1) is 16.0 Å². The normalized spacial score (nSPS) is 23.8. The predicted molar refractivity (Wildman–Crippen MR) is 102 cm³/mol. The number of likely N-dealkylation sites (N-methyl/N-ethyl adjacent to an activating group) is 1. The fourth-order valence-electron chi connectivity index (χ4n) is 4.06. The van der Waals surface area contributed by atoms with Gasteiger partial charge in [0.25, 0.3) is 11.6 Å². The molecule has 0 aromatic heterocycles. The van der Waals surface area contributed by atoms with Crippen molar-refractivity contribution in [2.45, 2.75) is 38.6 Å². The molecule has 2 unspecified atom stereocenters. The van der Waals surface area contributed by atoms with Crippen LogP contribution in [0.5, 0.6) is 0 Å². The molecule has 1 amide bonds. The summed E-state index contributed by atoms with van der Waals surface area (Å²) in [4.78, 5) is 28.0. The SMILES string of the molecule is CNC1CCCN(C(=O)c2ccc(N3CCCC(C)C3)c([N+](=O)[O-])c2)C1. The van der Waals surface area contributed by atoms with Crippen molar-refractivity contribution in [3.05, 3.63) is 33.9 Å². The van der Waals surface area contributed by atoms with Gasteiger partial charge in [-0.05, 0) is 50.8 Å². The third-order valence-corrected chi connectivity index (χ3v) is 5.53. The quantitative estimate of drug-likeness (QED) is 0.660. The number of nitro benzene ring substituents is 1. The van der Waals surface area contributed by atoms with E-state index in [2.05, 4.69) is 17.1 Å². The second-order valence-electron chi connectivity index (χ2n) is 7.53. The summed E-state index contributed by atoms with van der Waals surface area (Å²) in [5.74, 6) is 0.406. The van der Waals surface area contributed by atoms with Gasteiger partial charge in [-0.25, -0.2) is 0 Å². The topological polar surface area (TPSA) is 78.7 Å². The first-order chi connectivity index (χ1) is 12.5. The van der Waals surface area contributed by atoms with E-state index in [1.807, 2.05) is 7.05 Å². The van der Waals surface area contributed by atoms with E-state index in [0.717, 1.165) is 38.8 Å². The standard InChI is InChI=1S/C19H28N4O3/c1-14-5-3-9-21(12-14)17-8-7-15(11-18(17)23(25)26)19(24)22-10-4-6-16(13-22)20-2/h7-8,11,14,16,20H,3-6,9-10,12-13H2,1-2H3. The molecule has 0 bridgehead atoms. The Hall–Kier alpha value is -2.15. The molecule has 1 N–H and O–H groups in total. The largest absolute Gasteiger partial charge is 0.366 e. The maximum atomic E-state index is 12.8. The molecule has 7 heteroatoms. The number of carbonyl (C=O) groups excluding carboxylic acids is 1. The van der Waals surface area contributed by atoms with Gasteiger partial charge in [-0.1, -0.05) is 6.92 Å². The van der Waals surface area contributed by atoms with Crippen molar-refractivity contribution in [3.8, 4) is 0 Å². The minimum Gasteiger partial charge on any atom is -0.366 e. The van der Waals surface area contributed by atoms with Gasteiger partial charge < -0.3 is 15.1 Å². The summed E-state index contributed by atoms with van der Waals surface area (Å²) in [5, 5.41) is 14.9. The van der Waals surface area contributed by atoms with Crippen molar-refractivity contribution in [3.63, 3.8) is 0 Å². The van der Waals surface area contributed by atoms with Gasteiger partial charge in [0.15, 0.2) is 0 Å². The predicted octanol–water partition coefficient (Wildman–Crippen LogP) is 2.66. The van der Waals surface area contributed by atoms with Crippen molar-refractivity contribution >= 4 is 17.3 Å². The number of nitrogens with one attached hydrogen (secondary N) is 1. The van der Waals surface area contributed by atoms with Crippen LogP contribution in [0.3, 0.4) is 0 Å².